The zero-order valence-electron chi connectivity index (χ0n) is 11.0. The molecule has 3 nitrogen and oxygen atoms in total. The van der Waals surface area contributed by atoms with E-state index in [9.17, 15) is 0 Å². The Morgan fingerprint density at radius 3 is 2.89 bits per heavy atom. The highest BCUT2D eigenvalue weighted by Gasteiger charge is 2.20. The molecule has 0 aliphatic heterocycles. The maximum Gasteiger partial charge on any atom is 0.138 e. The molecule has 0 atom stereocenters. The van der Waals surface area contributed by atoms with Gasteiger partial charge in [0.15, 0.2) is 0 Å². The van der Waals surface area contributed by atoms with Gasteiger partial charge in [0, 0.05) is 18.4 Å². The van der Waals surface area contributed by atoms with Gasteiger partial charge < -0.3 is 5.32 Å². The molecule has 0 aromatic carbocycles. The van der Waals surface area contributed by atoms with Crippen LogP contribution in [0.2, 0.25) is 0 Å². The number of hydrogen-bond acceptors (Lipinski definition) is 2. The average Bonchev–Trinajstić information content (AvgIpc) is 2.89. The van der Waals surface area contributed by atoms with Crippen LogP contribution in [0.5, 0.6) is 0 Å². The van der Waals surface area contributed by atoms with Gasteiger partial charge in [-0.05, 0) is 43.7 Å². The van der Waals surface area contributed by atoms with E-state index in [1.54, 1.807) is 0 Å². The summed E-state index contributed by atoms with van der Waals surface area (Å²) >= 11 is 0. The second-order valence-corrected chi connectivity index (χ2v) is 5.34. The van der Waals surface area contributed by atoms with E-state index in [1.807, 2.05) is 18.5 Å². The lowest BCUT2D eigenvalue weighted by Gasteiger charge is -2.29. The Labute approximate surface area is 108 Å². The highest BCUT2D eigenvalue weighted by atomic mass is 15.1. The van der Waals surface area contributed by atoms with Gasteiger partial charge >= 0.3 is 0 Å². The molecule has 1 N–H and O–H groups in total. The molecule has 2 aromatic heterocycles. The van der Waals surface area contributed by atoms with Crippen molar-refractivity contribution in [2.45, 2.75) is 45.1 Å². The molecule has 3 rings (SSSR count). The molecular formula is C15H21N3. The summed E-state index contributed by atoms with van der Waals surface area (Å²) in [6.45, 7) is 2.31. The molecule has 1 fully saturated rings. The number of anilines is 1. The quantitative estimate of drug-likeness (QED) is 0.890. The zero-order chi connectivity index (χ0) is 12.4. The topological polar surface area (TPSA) is 29.3 Å². The number of nitrogens with zero attached hydrogens (tertiary/aromatic N) is 2. The van der Waals surface area contributed by atoms with Crippen LogP contribution in [0.3, 0.4) is 0 Å². The summed E-state index contributed by atoms with van der Waals surface area (Å²) in [4.78, 5) is 4.32. The maximum atomic E-state index is 4.32. The summed E-state index contributed by atoms with van der Waals surface area (Å²) in [5.41, 5.74) is 1.02. The normalized spacial score (nSPS) is 24.3. The van der Waals surface area contributed by atoms with Crippen LogP contribution in [-0.2, 0) is 0 Å². The lowest BCUT2D eigenvalue weighted by Crippen LogP contribution is -2.26. The van der Waals surface area contributed by atoms with Crippen LogP contribution < -0.4 is 5.32 Å². The summed E-state index contributed by atoms with van der Waals surface area (Å²) < 4.78 is 2.13. The standard InChI is InChI=1S/C15H21N3/c1-2-12-6-8-13(9-7-12)17-15-5-3-4-14-16-10-11-18(14)15/h3-5,10-13,17H,2,6-9H2,1H3. The molecule has 0 saturated heterocycles. The van der Waals surface area contributed by atoms with Crippen LogP contribution in [0.15, 0.2) is 30.6 Å². The van der Waals surface area contributed by atoms with Crippen molar-refractivity contribution in [3.8, 4) is 0 Å². The van der Waals surface area contributed by atoms with E-state index in [1.165, 1.54) is 37.9 Å². The zero-order valence-corrected chi connectivity index (χ0v) is 11.0. The van der Waals surface area contributed by atoms with Gasteiger partial charge in [0.1, 0.15) is 11.5 Å². The first-order valence-corrected chi connectivity index (χ1v) is 7.05. The highest BCUT2D eigenvalue weighted by Crippen LogP contribution is 2.28. The fourth-order valence-corrected chi connectivity index (χ4v) is 2.99. The van der Waals surface area contributed by atoms with E-state index >= 15 is 0 Å². The number of imidazole rings is 1. The molecule has 0 radical (unpaired) electrons. The molecule has 0 spiro atoms. The number of pyridine rings is 1. The molecule has 0 bridgehead atoms. The summed E-state index contributed by atoms with van der Waals surface area (Å²) in [7, 11) is 0. The van der Waals surface area contributed by atoms with Crippen molar-refractivity contribution in [1.29, 1.82) is 0 Å². The van der Waals surface area contributed by atoms with E-state index in [4.69, 9.17) is 0 Å². The Balaban J connectivity index is 1.71. The molecule has 18 heavy (non-hydrogen) atoms. The monoisotopic (exact) mass is 243 g/mol. The minimum absolute atomic E-state index is 0.626. The molecular weight excluding hydrogens is 222 g/mol. The van der Waals surface area contributed by atoms with Crippen molar-refractivity contribution >= 4 is 11.5 Å². The Morgan fingerprint density at radius 1 is 1.28 bits per heavy atom. The lowest BCUT2D eigenvalue weighted by atomic mass is 9.84. The molecule has 2 heterocycles. The predicted molar refractivity (Wildman–Crippen MR) is 74.9 cm³/mol. The van der Waals surface area contributed by atoms with Gasteiger partial charge in [0.25, 0.3) is 0 Å². The Bertz CT molecular complexity index is 509. The van der Waals surface area contributed by atoms with Crippen LogP contribution in [0, 0.1) is 5.92 Å². The minimum atomic E-state index is 0.626. The fraction of sp³-hybridized carbons (Fsp3) is 0.533. The van der Waals surface area contributed by atoms with E-state index in [0.717, 1.165) is 11.6 Å². The first-order chi connectivity index (χ1) is 8.86. The van der Waals surface area contributed by atoms with Crippen LogP contribution in [0.1, 0.15) is 39.0 Å². The molecule has 3 heteroatoms. The van der Waals surface area contributed by atoms with Crippen LogP contribution in [0.25, 0.3) is 5.65 Å². The number of nitrogens with one attached hydrogen (secondary N) is 1. The smallest absolute Gasteiger partial charge is 0.138 e. The Hall–Kier alpha value is -1.51. The van der Waals surface area contributed by atoms with Gasteiger partial charge in [0.2, 0.25) is 0 Å². The van der Waals surface area contributed by atoms with Gasteiger partial charge in [-0.3, -0.25) is 4.40 Å². The molecule has 1 aliphatic carbocycles. The van der Waals surface area contributed by atoms with Crippen LogP contribution >= 0.6 is 0 Å². The van der Waals surface area contributed by atoms with Gasteiger partial charge in [-0.1, -0.05) is 19.4 Å². The van der Waals surface area contributed by atoms with E-state index < -0.39 is 0 Å². The van der Waals surface area contributed by atoms with Crippen LogP contribution in [0.4, 0.5) is 5.82 Å². The van der Waals surface area contributed by atoms with E-state index in [2.05, 4.69) is 33.8 Å². The Kier molecular flexibility index (Phi) is 3.22. The molecule has 0 unspecified atom stereocenters. The second-order valence-electron chi connectivity index (χ2n) is 5.34. The second kappa shape index (κ2) is 5.01. The third-order valence-electron chi connectivity index (χ3n) is 4.20. The van der Waals surface area contributed by atoms with E-state index in [0.29, 0.717) is 6.04 Å². The van der Waals surface area contributed by atoms with Gasteiger partial charge in [0.05, 0.1) is 0 Å². The number of aromatic nitrogens is 2. The molecule has 0 amide bonds. The van der Waals surface area contributed by atoms with Crippen molar-refractivity contribution in [3.05, 3.63) is 30.6 Å². The van der Waals surface area contributed by atoms with Gasteiger partial charge in [-0.25, -0.2) is 4.98 Å². The molecule has 1 aliphatic rings. The van der Waals surface area contributed by atoms with Crippen molar-refractivity contribution in [3.63, 3.8) is 0 Å². The SMILES string of the molecule is CCC1CCC(Nc2cccc3nccn23)CC1. The third-order valence-corrected chi connectivity index (χ3v) is 4.20. The number of rotatable bonds is 3. The first kappa shape index (κ1) is 11.6. The van der Waals surface area contributed by atoms with Crippen LogP contribution in [-0.4, -0.2) is 15.4 Å². The minimum Gasteiger partial charge on any atom is -0.368 e. The lowest BCUT2D eigenvalue weighted by molar-refractivity contribution is 0.329. The van der Waals surface area contributed by atoms with Gasteiger partial charge in [-0.15, -0.1) is 0 Å². The average molecular weight is 243 g/mol. The van der Waals surface area contributed by atoms with E-state index in [-0.39, 0.29) is 0 Å². The van der Waals surface area contributed by atoms with Gasteiger partial charge in [-0.2, -0.15) is 0 Å². The fourth-order valence-electron chi connectivity index (χ4n) is 2.99. The molecule has 1 saturated carbocycles. The van der Waals surface area contributed by atoms with Crippen molar-refractivity contribution in [1.82, 2.24) is 9.38 Å². The summed E-state index contributed by atoms with van der Waals surface area (Å²) in [5.74, 6) is 2.12. The number of hydrogen-bond donors (Lipinski definition) is 1. The van der Waals surface area contributed by atoms with Crippen molar-refractivity contribution < 1.29 is 0 Å². The summed E-state index contributed by atoms with van der Waals surface area (Å²) in [6.07, 6.45) is 10.5. The summed E-state index contributed by atoms with van der Waals surface area (Å²) in [5, 5.41) is 3.68. The third kappa shape index (κ3) is 2.22. The predicted octanol–water partition coefficient (Wildman–Crippen LogP) is 3.72. The Morgan fingerprint density at radius 2 is 2.11 bits per heavy atom. The van der Waals surface area contributed by atoms with Crippen molar-refractivity contribution in [2.75, 3.05) is 5.32 Å². The largest absolute Gasteiger partial charge is 0.368 e. The highest BCUT2D eigenvalue weighted by molar-refractivity contribution is 5.50. The number of fused-ring (bicyclic) bond motifs is 1. The van der Waals surface area contributed by atoms with Crippen molar-refractivity contribution in [2.24, 2.45) is 5.92 Å². The molecule has 96 valence electrons. The summed E-state index contributed by atoms with van der Waals surface area (Å²) in [6, 6.07) is 6.88. The molecule has 2 aromatic rings. The maximum absolute atomic E-state index is 4.32. The first-order valence-electron chi connectivity index (χ1n) is 7.05.